The molecule has 10 heteroatoms. The number of fused-ring (bicyclic) bond motifs is 1. The van der Waals surface area contributed by atoms with Gasteiger partial charge in [-0.3, -0.25) is 14.9 Å². The molecule has 34 heavy (non-hydrogen) atoms. The average molecular weight is 459 g/mol. The van der Waals surface area contributed by atoms with Gasteiger partial charge in [-0.1, -0.05) is 48.5 Å². The molecule has 1 atom stereocenters. The number of carbonyl (C=O) groups is 2. The zero-order valence-corrected chi connectivity index (χ0v) is 18.4. The topological polar surface area (TPSA) is 126 Å². The van der Waals surface area contributed by atoms with Crippen LogP contribution in [-0.4, -0.2) is 42.9 Å². The van der Waals surface area contributed by atoms with E-state index in [9.17, 15) is 19.7 Å². The fraction of sp³-hybridized carbons (Fsp3) is 0.125. The summed E-state index contributed by atoms with van der Waals surface area (Å²) in [5.41, 5.74) is 2.59. The summed E-state index contributed by atoms with van der Waals surface area (Å²) in [5.74, 6) is -0.217. The second kappa shape index (κ2) is 9.41. The third-order valence-electron chi connectivity index (χ3n) is 5.30. The number of non-ortho nitro benzene ring substituents is 1. The van der Waals surface area contributed by atoms with Crippen molar-refractivity contribution in [2.24, 2.45) is 4.99 Å². The number of likely N-dealkylation sites (N-methyl/N-ethyl adjacent to an activating group) is 1. The van der Waals surface area contributed by atoms with Gasteiger partial charge >= 0.3 is 6.03 Å². The van der Waals surface area contributed by atoms with Crippen molar-refractivity contribution in [3.63, 3.8) is 0 Å². The zero-order chi connectivity index (χ0) is 24.2. The number of nitro groups is 1. The number of methoxy groups -OCH3 is 1. The summed E-state index contributed by atoms with van der Waals surface area (Å²) in [6.45, 7) is 0. The predicted octanol–water partition coefficient (Wildman–Crippen LogP) is 3.57. The van der Waals surface area contributed by atoms with Gasteiger partial charge in [0.25, 0.3) is 11.6 Å². The summed E-state index contributed by atoms with van der Waals surface area (Å²) in [5, 5.41) is 16.2. The molecule has 1 aliphatic rings. The Morgan fingerprint density at radius 1 is 1.09 bits per heavy atom. The maximum Gasteiger partial charge on any atom is 0.321 e. The van der Waals surface area contributed by atoms with Crippen LogP contribution >= 0.6 is 0 Å². The molecule has 3 aromatic rings. The number of amides is 3. The first-order valence-corrected chi connectivity index (χ1v) is 10.3. The molecule has 0 fully saturated rings. The molecule has 3 amide bonds. The van der Waals surface area contributed by atoms with Crippen molar-refractivity contribution in [3.05, 3.63) is 94.0 Å². The molecule has 10 nitrogen and oxygen atoms in total. The van der Waals surface area contributed by atoms with E-state index in [-0.39, 0.29) is 17.1 Å². The summed E-state index contributed by atoms with van der Waals surface area (Å²) in [6, 6.07) is 19.7. The molecule has 3 aromatic carbocycles. The van der Waals surface area contributed by atoms with Crippen LogP contribution in [0, 0.1) is 10.1 Å². The van der Waals surface area contributed by atoms with Crippen LogP contribution in [-0.2, 0) is 4.79 Å². The van der Waals surface area contributed by atoms with Gasteiger partial charge in [-0.2, -0.15) is 0 Å². The quantitative estimate of drug-likeness (QED) is 0.446. The molecule has 1 heterocycles. The average Bonchev–Trinajstić information content (AvgIpc) is 2.95. The molecule has 172 valence electrons. The van der Waals surface area contributed by atoms with E-state index in [2.05, 4.69) is 15.6 Å². The lowest BCUT2D eigenvalue weighted by Crippen LogP contribution is -2.47. The van der Waals surface area contributed by atoms with E-state index in [1.165, 1.54) is 30.2 Å². The lowest BCUT2D eigenvalue weighted by molar-refractivity contribution is -0.384. The summed E-state index contributed by atoms with van der Waals surface area (Å²) in [7, 11) is 2.99. The Balaban J connectivity index is 1.68. The van der Waals surface area contributed by atoms with Crippen molar-refractivity contribution < 1.29 is 19.2 Å². The Hall–Kier alpha value is -4.73. The standard InChI is InChI=1S/C24H21N5O5/c1-28-19-11-7-6-10-17(19)21(15-8-4-3-5-9-15)26-22(23(28)30)27-24(31)25-18-14-16(29(32)33)12-13-20(18)34-2/h3-14,22H,1-2H3,(H2,25,27,31). The lowest BCUT2D eigenvalue weighted by atomic mass is 10.0. The molecule has 0 aromatic heterocycles. The zero-order valence-electron chi connectivity index (χ0n) is 18.4. The molecular formula is C24H21N5O5. The summed E-state index contributed by atoms with van der Waals surface area (Å²) < 4.78 is 5.18. The van der Waals surface area contributed by atoms with Gasteiger partial charge in [0, 0.05) is 30.3 Å². The second-order valence-corrected chi connectivity index (χ2v) is 7.40. The largest absolute Gasteiger partial charge is 0.495 e. The van der Waals surface area contributed by atoms with E-state index in [1.54, 1.807) is 7.05 Å². The number of rotatable bonds is 5. The summed E-state index contributed by atoms with van der Waals surface area (Å²) >= 11 is 0. The second-order valence-electron chi connectivity index (χ2n) is 7.40. The van der Waals surface area contributed by atoms with Gasteiger partial charge in [-0.15, -0.1) is 0 Å². The number of nitrogens with zero attached hydrogens (tertiary/aromatic N) is 3. The number of urea groups is 1. The van der Waals surface area contributed by atoms with Gasteiger partial charge in [0.05, 0.1) is 29.1 Å². The van der Waals surface area contributed by atoms with Gasteiger partial charge in [0.1, 0.15) is 5.75 Å². The first-order chi connectivity index (χ1) is 16.4. The number of anilines is 2. The van der Waals surface area contributed by atoms with Crippen LogP contribution in [0.25, 0.3) is 0 Å². The van der Waals surface area contributed by atoms with E-state index in [1.807, 2.05) is 54.6 Å². The van der Waals surface area contributed by atoms with E-state index in [0.717, 1.165) is 11.1 Å². The number of nitro benzene ring substituents is 1. The van der Waals surface area contributed by atoms with Gasteiger partial charge in [-0.25, -0.2) is 9.79 Å². The fourth-order valence-electron chi connectivity index (χ4n) is 3.63. The van der Waals surface area contributed by atoms with E-state index in [0.29, 0.717) is 11.4 Å². The fourth-order valence-corrected chi connectivity index (χ4v) is 3.63. The van der Waals surface area contributed by atoms with Crippen LogP contribution in [0.2, 0.25) is 0 Å². The molecular weight excluding hydrogens is 438 g/mol. The first kappa shape index (κ1) is 22.5. The molecule has 0 saturated carbocycles. The molecule has 1 aliphatic heterocycles. The van der Waals surface area contributed by atoms with Crippen LogP contribution in [0.5, 0.6) is 5.75 Å². The Morgan fingerprint density at radius 2 is 1.79 bits per heavy atom. The number of hydrogen-bond acceptors (Lipinski definition) is 6. The highest BCUT2D eigenvalue weighted by Gasteiger charge is 2.31. The van der Waals surface area contributed by atoms with Crippen molar-refractivity contribution in [2.45, 2.75) is 6.17 Å². The normalized spacial score (nSPS) is 15.0. The SMILES string of the molecule is COc1ccc([N+](=O)[O-])cc1NC(=O)NC1N=C(c2ccccc2)c2ccccc2N(C)C1=O. The minimum atomic E-state index is -1.24. The number of ether oxygens (including phenoxy) is 1. The van der Waals surface area contributed by atoms with Crippen molar-refractivity contribution in [1.29, 1.82) is 0 Å². The van der Waals surface area contributed by atoms with Gasteiger partial charge < -0.3 is 20.3 Å². The number of para-hydroxylation sites is 1. The van der Waals surface area contributed by atoms with Crippen LogP contribution in [0.4, 0.5) is 21.9 Å². The van der Waals surface area contributed by atoms with E-state index >= 15 is 0 Å². The minimum absolute atomic E-state index is 0.0826. The van der Waals surface area contributed by atoms with Crippen LogP contribution in [0.1, 0.15) is 11.1 Å². The third-order valence-corrected chi connectivity index (χ3v) is 5.30. The van der Waals surface area contributed by atoms with Crippen molar-refractivity contribution in [2.75, 3.05) is 24.4 Å². The third kappa shape index (κ3) is 4.42. The van der Waals surface area contributed by atoms with Crippen molar-refractivity contribution >= 4 is 34.7 Å². The maximum absolute atomic E-state index is 13.2. The Kier molecular flexibility index (Phi) is 6.22. The number of hydrogen-bond donors (Lipinski definition) is 2. The number of aliphatic imine (C=N–C) groups is 1. The maximum atomic E-state index is 13.2. The monoisotopic (exact) mass is 459 g/mol. The van der Waals surface area contributed by atoms with E-state index < -0.39 is 23.0 Å². The van der Waals surface area contributed by atoms with Crippen LogP contribution < -0.4 is 20.3 Å². The van der Waals surface area contributed by atoms with Crippen LogP contribution in [0.3, 0.4) is 0 Å². The summed E-state index contributed by atoms with van der Waals surface area (Å²) in [4.78, 5) is 42.6. The Bertz CT molecular complexity index is 1290. The molecule has 0 saturated heterocycles. The van der Waals surface area contributed by atoms with Gasteiger partial charge in [0.2, 0.25) is 6.17 Å². The molecule has 0 aliphatic carbocycles. The van der Waals surface area contributed by atoms with E-state index in [4.69, 9.17) is 4.74 Å². The highest BCUT2D eigenvalue weighted by Crippen LogP contribution is 2.29. The smallest absolute Gasteiger partial charge is 0.321 e. The number of carbonyl (C=O) groups excluding carboxylic acids is 2. The minimum Gasteiger partial charge on any atom is -0.495 e. The summed E-state index contributed by atoms with van der Waals surface area (Å²) in [6.07, 6.45) is -1.24. The molecule has 1 unspecified atom stereocenters. The van der Waals surface area contributed by atoms with Gasteiger partial charge in [-0.05, 0) is 12.1 Å². The lowest BCUT2D eigenvalue weighted by Gasteiger charge is -2.21. The molecule has 4 rings (SSSR count). The number of nitrogens with one attached hydrogen (secondary N) is 2. The van der Waals surface area contributed by atoms with Crippen molar-refractivity contribution in [3.8, 4) is 5.75 Å². The highest BCUT2D eigenvalue weighted by atomic mass is 16.6. The Morgan fingerprint density at radius 3 is 2.50 bits per heavy atom. The number of benzodiazepines with no additional fused rings is 1. The molecule has 0 radical (unpaired) electrons. The Labute approximate surface area is 195 Å². The first-order valence-electron chi connectivity index (χ1n) is 10.3. The molecule has 0 bridgehead atoms. The number of benzene rings is 3. The van der Waals surface area contributed by atoms with Crippen LogP contribution in [0.15, 0.2) is 77.8 Å². The highest BCUT2D eigenvalue weighted by molar-refractivity contribution is 6.20. The van der Waals surface area contributed by atoms with Crippen molar-refractivity contribution in [1.82, 2.24) is 5.32 Å². The predicted molar refractivity (Wildman–Crippen MR) is 128 cm³/mol. The molecule has 0 spiro atoms. The van der Waals surface area contributed by atoms with Gasteiger partial charge in [0.15, 0.2) is 0 Å². The molecule has 2 N–H and O–H groups in total.